The van der Waals surface area contributed by atoms with Crippen LogP contribution >= 0.6 is 23.2 Å². The van der Waals surface area contributed by atoms with Crippen LogP contribution in [0.15, 0.2) is 0 Å². The first-order valence-electron chi connectivity index (χ1n) is 1.39. The van der Waals surface area contributed by atoms with Crippen molar-refractivity contribution in [2.75, 3.05) is 12.5 Å². The minimum absolute atomic E-state index is 1.22. The second-order valence-electron chi connectivity index (χ2n) is 0.695. The van der Waals surface area contributed by atoms with Crippen molar-refractivity contribution in [1.29, 1.82) is 0 Å². The molecule has 0 nitrogen and oxygen atoms in total. The summed E-state index contributed by atoms with van der Waals surface area (Å²) in [4.78, 5) is 0. The monoisotopic (exact) mass is 106 g/mol. The molecule has 0 saturated carbocycles. The average molecular weight is 106 g/mol. The fraction of sp³-hybridized carbons (Fsp3) is 1.00. The lowest BCUT2D eigenvalue weighted by Crippen LogP contribution is -1.64. The highest BCUT2D eigenvalue weighted by molar-refractivity contribution is 8.50. The first kappa shape index (κ1) is 5.76. The van der Waals surface area contributed by atoms with Crippen molar-refractivity contribution < 1.29 is 0 Å². The van der Waals surface area contributed by atoms with Crippen LogP contribution in [0.1, 0.15) is 0 Å². The topological polar surface area (TPSA) is 0 Å². The van der Waals surface area contributed by atoms with Crippen LogP contribution in [-0.4, -0.2) is 18.3 Å². The van der Waals surface area contributed by atoms with Gasteiger partial charge in [-0.1, -0.05) is 0 Å². The zero-order valence-corrected chi connectivity index (χ0v) is 5.16. The Balaban J connectivity index is 2.19. The van der Waals surface area contributed by atoms with Gasteiger partial charge in [0.2, 0.25) is 0 Å². The van der Waals surface area contributed by atoms with Crippen LogP contribution < -0.4 is 0 Å². The summed E-state index contributed by atoms with van der Waals surface area (Å²) in [6.07, 6.45) is 4.22. The molecule has 0 heterocycles. The normalized spacial score (nSPS) is 7.60. The molecule has 0 aliphatic heterocycles. The van der Waals surface area contributed by atoms with E-state index in [0.29, 0.717) is 0 Å². The summed E-state index contributed by atoms with van der Waals surface area (Å²) in [5.74, 6) is 1.22. The molecule has 0 rings (SSSR count). The quantitative estimate of drug-likeness (QED) is 0.481. The Morgan fingerprint density at radius 3 is 1.60 bits per heavy atom. The lowest BCUT2D eigenvalue weighted by atomic mass is 10.7. The van der Waals surface area contributed by atoms with Gasteiger partial charge in [-0.15, -0.1) is 0 Å². The average Bonchev–Trinajstić information content (AvgIpc) is 1.41. The lowest BCUT2D eigenvalue weighted by molar-refractivity contribution is 2.53. The third-order valence-electron chi connectivity index (χ3n) is 0.236. The molecule has 30 valence electrons. The van der Waals surface area contributed by atoms with Crippen LogP contribution in [0.4, 0.5) is 0 Å². The molecule has 0 amide bonds. The Morgan fingerprint density at radius 1 is 1.20 bits per heavy atom. The Kier molecular flexibility index (Phi) is 5.49. The van der Waals surface area contributed by atoms with Crippen molar-refractivity contribution in [2.24, 2.45) is 0 Å². The molecule has 0 radical (unpaired) electrons. The molecule has 5 heavy (non-hydrogen) atoms. The van der Waals surface area contributed by atoms with Gasteiger partial charge in [-0.25, -0.2) is 23.2 Å². The van der Waals surface area contributed by atoms with Gasteiger partial charge in [0.15, 0.2) is 0 Å². The molecule has 0 N–H and O–H groups in total. The van der Waals surface area contributed by atoms with Crippen molar-refractivity contribution in [3.8, 4) is 0 Å². The fourth-order valence-corrected chi connectivity index (χ4v) is 1.06. The minimum atomic E-state index is 1.22. The molecule has 0 spiro atoms. The SMILES string of the molecule is CSBSC. The standard InChI is InChI=1S/C2H7BS2/c1-4-3-5-2/h3H,1-2H3. The van der Waals surface area contributed by atoms with Crippen LogP contribution in [0.3, 0.4) is 0 Å². The van der Waals surface area contributed by atoms with Gasteiger partial charge in [0.25, 0.3) is 5.84 Å². The Hall–Kier alpha value is 0.765. The number of hydrogen-bond donors (Lipinski definition) is 0. The van der Waals surface area contributed by atoms with Crippen LogP contribution in [0, 0.1) is 0 Å². The highest BCUT2D eigenvalue weighted by atomic mass is 32.2. The van der Waals surface area contributed by atoms with Gasteiger partial charge in [0, 0.05) is 0 Å². The zero-order valence-electron chi connectivity index (χ0n) is 3.52. The molecule has 0 saturated heterocycles. The molecule has 0 aliphatic carbocycles. The second kappa shape index (κ2) is 4.76. The van der Waals surface area contributed by atoms with Gasteiger partial charge in [0.1, 0.15) is 0 Å². The summed E-state index contributed by atoms with van der Waals surface area (Å²) >= 11 is 3.73. The largest absolute Gasteiger partial charge is 0.255 e. The van der Waals surface area contributed by atoms with Gasteiger partial charge in [-0.2, -0.15) is 0 Å². The number of rotatable bonds is 2. The second-order valence-corrected chi connectivity index (χ2v) is 2.79. The highest BCUT2D eigenvalue weighted by Crippen LogP contribution is 1.96. The van der Waals surface area contributed by atoms with E-state index in [0.717, 1.165) is 0 Å². The van der Waals surface area contributed by atoms with E-state index in [9.17, 15) is 0 Å². The maximum atomic E-state index is 2.11. The van der Waals surface area contributed by atoms with Crippen molar-refractivity contribution in [1.82, 2.24) is 0 Å². The molecule has 0 aliphatic rings. The maximum Gasteiger partial charge on any atom is 0.255 e. The van der Waals surface area contributed by atoms with E-state index in [2.05, 4.69) is 12.5 Å². The van der Waals surface area contributed by atoms with Gasteiger partial charge < -0.3 is 0 Å². The molecule has 0 unspecified atom stereocenters. The van der Waals surface area contributed by atoms with E-state index in [1.54, 1.807) is 0 Å². The van der Waals surface area contributed by atoms with E-state index >= 15 is 0 Å². The summed E-state index contributed by atoms with van der Waals surface area (Å²) in [5.41, 5.74) is 0. The maximum absolute atomic E-state index is 2.11. The van der Waals surface area contributed by atoms with Crippen LogP contribution in [0.2, 0.25) is 0 Å². The summed E-state index contributed by atoms with van der Waals surface area (Å²) in [7, 11) is 0. The predicted octanol–water partition coefficient (Wildman–Crippen LogP) is 0.979. The van der Waals surface area contributed by atoms with Crippen LogP contribution in [-0.2, 0) is 0 Å². The van der Waals surface area contributed by atoms with Crippen molar-refractivity contribution in [2.45, 2.75) is 0 Å². The first-order chi connectivity index (χ1) is 2.41. The van der Waals surface area contributed by atoms with E-state index in [1.165, 1.54) is 5.84 Å². The first-order valence-corrected chi connectivity index (χ1v) is 4.18. The van der Waals surface area contributed by atoms with Crippen molar-refractivity contribution in [3.63, 3.8) is 0 Å². The van der Waals surface area contributed by atoms with Crippen molar-refractivity contribution >= 4 is 29.1 Å². The summed E-state index contributed by atoms with van der Waals surface area (Å²) in [5, 5.41) is 0. The Labute approximate surface area is 42.1 Å². The summed E-state index contributed by atoms with van der Waals surface area (Å²) < 4.78 is 0. The third kappa shape index (κ3) is 4.76. The lowest BCUT2D eigenvalue weighted by Gasteiger charge is -1.77. The molecule has 0 bridgehead atoms. The summed E-state index contributed by atoms with van der Waals surface area (Å²) in [6.45, 7) is 0. The summed E-state index contributed by atoms with van der Waals surface area (Å²) in [6, 6.07) is 0. The van der Waals surface area contributed by atoms with E-state index in [4.69, 9.17) is 0 Å². The van der Waals surface area contributed by atoms with E-state index in [-0.39, 0.29) is 0 Å². The number of hydrogen-bond acceptors (Lipinski definition) is 2. The predicted molar refractivity (Wildman–Crippen MR) is 34.2 cm³/mol. The van der Waals surface area contributed by atoms with Gasteiger partial charge >= 0.3 is 0 Å². The minimum Gasteiger partial charge on any atom is -0.203 e. The van der Waals surface area contributed by atoms with Gasteiger partial charge in [-0.05, 0) is 12.5 Å². The molecular weight excluding hydrogens is 99.0 g/mol. The highest BCUT2D eigenvalue weighted by Gasteiger charge is 1.73. The molecular formula is C2H7BS2. The van der Waals surface area contributed by atoms with Gasteiger partial charge in [0.05, 0.1) is 0 Å². The smallest absolute Gasteiger partial charge is 0.203 e. The Morgan fingerprint density at radius 2 is 1.60 bits per heavy atom. The molecule has 0 atom stereocenters. The van der Waals surface area contributed by atoms with Gasteiger partial charge in [-0.3, -0.25) is 0 Å². The van der Waals surface area contributed by atoms with E-state index in [1.807, 2.05) is 23.2 Å². The fourth-order valence-electron chi connectivity index (χ4n) is 0.118. The molecule has 0 fully saturated rings. The zero-order chi connectivity index (χ0) is 4.12. The van der Waals surface area contributed by atoms with Crippen LogP contribution in [0.5, 0.6) is 0 Å². The van der Waals surface area contributed by atoms with E-state index < -0.39 is 0 Å². The Bertz CT molecular complexity index is 15.1. The molecule has 0 aromatic carbocycles. The molecule has 0 aromatic rings. The third-order valence-corrected chi connectivity index (χ3v) is 2.12. The van der Waals surface area contributed by atoms with Crippen molar-refractivity contribution in [3.05, 3.63) is 0 Å². The molecule has 3 heteroatoms. The van der Waals surface area contributed by atoms with Crippen LogP contribution in [0.25, 0.3) is 0 Å². The molecule has 0 aromatic heterocycles.